The van der Waals surface area contributed by atoms with Crippen molar-refractivity contribution in [3.05, 3.63) is 35.4 Å². The molecule has 1 nitrogen and oxygen atoms in total. The summed E-state index contributed by atoms with van der Waals surface area (Å²) in [5.41, 5.74) is 2.71. The molecule has 0 aliphatic heterocycles. The van der Waals surface area contributed by atoms with Crippen LogP contribution < -0.4 is 5.32 Å². The number of benzene rings is 1. The van der Waals surface area contributed by atoms with Crippen LogP contribution >= 0.6 is 11.8 Å². The zero-order chi connectivity index (χ0) is 12.7. The first-order chi connectivity index (χ1) is 8.13. The molecule has 0 aromatic heterocycles. The van der Waals surface area contributed by atoms with Crippen LogP contribution in [0.15, 0.2) is 24.3 Å². The van der Waals surface area contributed by atoms with E-state index < -0.39 is 0 Å². The fraction of sp³-hybridized carbons (Fsp3) is 0.600. The van der Waals surface area contributed by atoms with Crippen LogP contribution in [0.1, 0.15) is 44.4 Å². The van der Waals surface area contributed by atoms with Gasteiger partial charge in [0.05, 0.1) is 0 Å². The van der Waals surface area contributed by atoms with Gasteiger partial charge in [0.15, 0.2) is 0 Å². The average molecular weight is 251 g/mol. The summed E-state index contributed by atoms with van der Waals surface area (Å²) < 4.78 is 0. The molecule has 0 heterocycles. The van der Waals surface area contributed by atoms with Crippen molar-refractivity contribution in [3.63, 3.8) is 0 Å². The number of nitrogens with one attached hydrogen (secondary N) is 1. The van der Waals surface area contributed by atoms with Gasteiger partial charge in [-0.15, -0.1) is 0 Å². The highest BCUT2D eigenvalue weighted by atomic mass is 32.2. The highest BCUT2D eigenvalue weighted by molar-refractivity contribution is 7.99. The molecule has 96 valence electrons. The minimum atomic E-state index is 0.442. The number of thioether (sulfide) groups is 1. The molecule has 2 unspecified atom stereocenters. The zero-order valence-corrected chi connectivity index (χ0v) is 12.3. The summed E-state index contributed by atoms with van der Waals surface area (Å²) in [5, 5.41) is 3.66. The summed E-state index contributed by atoms with van der Waals surface area (Å²) in [4.78, 5) is 0. The summed E-state index contributed by atoms with van der Waals surface area (Å²) in [6.07, 6.45) is 1.24. The summed E-state index contributed by atoms with van der Waals surface area (Å²) in [5.74, 6) is 2.48. The van der Waals surface area contributed by atoms with Crippen molar-refractivity contribution >= 4 is 11.8 Å². The van der Waals surface area contributed by atoms with Gasteiger partial charge in [0.25, 0.3) is 0 Å². The summed E-state index contributed by atoms with van der Waals surface area (Å²) in [7, 11) is 0. The number of hydrogen-bond acceptors (Lipinski definition) is 2. The minimum absolute atomic E-state index is 0.442. The Morgan fingerprint density at radius 3 is 2.41 bits per heavy atom. The fourth-order valence-corrected chi connectivity index (χ4v) is 2.67. The van der Waals surface area contributed by atoms with Crippen molar-refractivity contribution in [2.24, 2.45) is 0 Å². The van der Waals surface area contributed by atoms with Crippen LogP contribution in [0.2, 0.25) is 0 Å². The van der Waals surface area contributed by atoms with Gasteiger partial charge in [-0.3, -0.25) is 0 Å². The third-order valence-corrected chi connectivity index (χ3v) is 3.94. The number of rotatable bonds is 7. The van der Waals surface area contributed by atoms with Gasteiger partial charge in [-0.05, 0) is 44.3 Å². The lowest BCUT2D eigenvalue weighted by atomic mass is 10.1. The van der Waals surface area contributed by atoms with Gasteiger partial charge in [-0.2, -0.15) is 11.8 Å². The maximum absolute atomic E-state index is 3.66. The molecule has 2 heteroatoms. The third kappa shape index (κ3) is 5.60. The van der Waals surface area contributed by atoms with Gasteiger partial charge >= 0.3 is 0 Å². The van der Waals surface area contributed by atoms with Gasteiger partial charge in [0, 0.05) is 12.1 Å². The Balaban J connectivity index is 2.37. The Bertz CT molecular complexity index is 307. The first-order valence-electron chi connectivity index (χ1n) is 6.53. The van der Waals surface area contributed by atoms with Gasteiger partial charge < -0.3 is 5.32 Å². The largest absolute Gasteiger partial charge is 0.308 e. The van der Waals surface area contributed by atoms with Gasteiger partial charge in [0.1, 0.15) is 0 Å². The number of aryl methyl sites for hydroxylation is 1. The molecule has 17 heavy (non-hydrogen) atoms. The van der Waals surface area contributed by atoms with E-state index in [0.717, 1.165) is 0 Å². The van der Waals surface area contributed by atoms with Crippen LogP contribution in [-0.2, 0) is 0 Å². The van der Waals surface area contributed by atoms with E-state index in [1.54, 1.807) is 0 Å². The lowest BCUT2D eigenvalue weighted by Gasteiger charge is -2.20. The first-order valence-corrected chi connectivity index (χ1v) is 7.69. The highest BCUT2D eigenvalue weighted by Crippen LogP contribution is 2.15. The van der Waals surface area contributed by atoms with Gasteiger partial charge in [0.2, 0.25) is 0 Å². The van der Waals surface area contributed by atoms with E-state index in [1.807, 2.05) is 11.8 Å². The second-order valence-corrected chi connectivity index (χ2v) is 6.08. The molecule has 0 saturated heterocycles. The molecule has 0 spiro atoms. The molecule has 1 aromatic rings. The van der Waals surface area contributed by atoms with Crippen molar-refractivity contribution in [2.75, 3.05) is 11.5 Å². The van der Waals surface area contributed by atoms with Crippen LogP contribution in [-0.4, -0.2) is 17.5 Å². The lowest BCUT2D eigenvalue weighted by Crippen LogP contribution is -2.29. The monoisotopic (exact) mass is 251 g/mol. The molecule has 0 aliphatic rings. The second-order valence-electron chi connectivity index (χ2n) is 4.69. The summed E-state index contributed by atoms with van der Waals surface area (Å²) in [6, 6.07) is 9.85. The van der Waals surface area contributed by atoms with E-state index in [-0.39, 0.29) is 0 Å². The van der Waals surface area contributed by atoms with Crippen LogP contribution in [0.25, 0.3) is 0 Å². The van der Waals surface area contributed by atoms with Gasteiger partial charge in [-0.1, -0.05) is 36.8 Å². The fourth-order valence-electron chi connectivity index (χ4n) is 1.87. The Morgan fingerprint density at radius 2 is 1.82 bits per heavy atom. The molecule has 0 amide bonds. The van der Waals surface area contributed by atoms with Crippen molar-refractivity contribution in [2.45, 2.75) is 46.2 Å². The smallest absolute Gasteiger partial charge is 0.0294 e. The van der Waals surface area contributed by atoms with E-state index in [0.29, 0.717) is 12.1 Å². The van der Waals surface area contributed by atoms with E-state index in [2.05, 4.69) is 57.3 Å². The first kappa shape index (κ1) is 14.6. The molecular formula is C15H25NS. The van der Waals surface area contributed by atoms with Crippen molar-refractivity contribution < 1.29 is 0 Å². The predicted octanol–water partition coefficient (Wildman–Crippen LogP) is 4.18. The van der Waals surface area contributed by atoms with Crippen LogP contribution in [0.4, 0.5) is 0 Å². The van der Waals surface area contributed by atoms with E-state index in [1.165, 1.54) is 29.1 Å². The minimum Gasteiger partial charge on any atom is -0.308 e. The second kappa shape index (κ2) is 7.78. The summed E-state index contributed by atoms with van der Waals surface area (Å²) >= 11 is 2.02. The van der Waals surface area contributed by atoms with Crippen LogP contribution in [0.5, 0.6) is 0 Å². The van der Waals surface area contributed by atoms with Crippen LogP contribution in [0, 0.1) is 6.92 Å². The molecule has 0 saturated carbocycles. The Hall–Kier alpha value is -0.470. The molecule has 0 aliphatic carbocycles. The average Bonchev–Trinajstić information content (AvgIpc) is 2.30. The molecule has 1 aromatic carbocycles. The predicted molar refractivity (Wildman–Crippen MR) is 79.8 cm³/mol. The van der Waals surface area contributed by atoms with Crippen molar-refractivity contribution in [3.8, 4) is 0 Å². The number of hydrogen-bond donors (Lipinski definition) is 1. The van der Waals surface area contributed by atoms with Gasteiger partial charge in [-0.25, -0.2) is 0 Å². The van der Waals surface area contributed by atoms with E-state index >= 15 is 0 Å². The summed E-state index contributed by atoms with van der Waals surface area (Å²) in [6.45, 7) is 8.87. The third-order valence-electron chi connectivity index (χ3n) is 3.01. The highest BCUT2D eigenvalue weighted by Gasteiger charge is 2.08. The Labute approximate surface area is 110 Å². The Morgan fingerprint density at radius 1 is 1.18 bits per heavy atom. The molecule has 1 rings (SSSR count). The standard InChI is InChI=1S/C15H25NS/c1-5-17-11-10-13(3)16-14(4)15-8-6-12(2)7-9-15/h6-9,13-14,16H,5,10-11H2,1-4H3. The van der Waals surface area contributed by atoms with E-state index in [9.17, 15) is 0 Å². The molecule has 1 N–H and O–H groups in total. The molecule has 0 bridgehead atoms. The Kier molecular flexibility index (Phi) is 6.68. The maximum atomic E-state index is 3.66. The molecule has 0 radical (unpaired) electrons. The SMILES string of the molecule is CCSCCC(C)NC(C)c1ccc(C)cc1. The quantitative estimate of drug-likeness (QED) is 0.730. The molecule has 0 fully saturated rings. The molecule has 2 atom stereocenters. The lowest BCUT2D eigenvalue weighted by molar-refractivity contribution is 0.471. The van der Waals surface area contributed by atoms with Crippen molar-refractivity contribution in [1.82, 2.24) is 5.32 Å². The molecular weight excluding hydrogens is 226 g/mol. The van der Waals surface area contributed by atoms with Crippen LogP contribution in [0.3, 0.4) is 0 Å². The maximum Gasteiger partial charge on any atom is 0.0294 e. The van der Waals surface area contributed by atoms with Crippen molar-refractivity contribution in [1.29, 1.82) is 0 Å². The normalized spacial score (nSPS) is 14.6. The topological polar surface area (TPSA) is 12.0 Å². The van der Waals surface area contributed by atoms with E-state index in [4.69, 9.17) is 0 Å². The zero-order valence-electron chi connectivity index (χ0n) is 11.5.